The summed E-state index contributed by atoms with van der Waals surface area (Å²) >= 11 is 7.82. The molecule has 0 bridgehead atoms. The number of carbonyl (C=O) groups is 1. The Bertz CT molecular complexity index is 914. The first kappa shape index (κ1) is 14.7. The van der Waals surface area contributed by atoms with Gasteiger partial charge in [-0.2, -0.15) is 5.10 Å². The van der Waals surface area contributed by atoms with Crippen molar-refractivity contribution in [2.45, 2.75) is 26.3 Å². The Labute approximate surface area is 143 Å². The van der Waals surface area contributed by atoms with Crippen LogP contribution in [-0.2, 0) is 6.42 Å². The number of hydrogen-bond acceptors (Lipinski definition) is 3. The fourth-order valence-electron chi connectivity index (χ4n) is 3.21. The van der Waals surface area contributed by atoms with E-state index in [1.54, 1.807) is 16.8 Å². The van der Waals surface area contributed by atoms with Gasteiger partial charge in [0.1, 0.15) is 0 Å². The molecule has 6 heteroatoms. The first-order valence-electron chi connectivity index (χ1n) is 7.58. The van der Waals surface area contributed by atoms with Crippen LogP contribution in [0.1, 0.15) is 38.8 Å². The number of carbonyl (C=O) groups excluding carboxylic acids is 1. The molecule has 1 atom stereocenters. The number of aromatic nitrogens is 2. The molecule has 3 aromatic rings. The highest BCUT2D eigenvalue weighted by Gasteiger charge is 2.30. The number of halogens is 1. The summed E-state index contributed by atoms with van der Waals surface area (Å²) in [5, 5.41) is 4.99. The number of fused-ring (bicyclic) bond motifs is 2. The SMILES string of the molecule is Cc1cc2c(s1)CCN(C(=O)c1cc3ccc(Cl)cn3n1)C2C. The Balaban J connectivity index is 1.68. The number of rotatable bonds is 1. The van der Waals surface area contributed by atoms with E-state index in [-0.39, 0.29) is 11.9 Å². The summed E-state index contributed by atoms with van der Waals surface area (Å²) in [4.78, 5) is 17.5. The minimum atomic E-state index is -0.0215. The van der Waals surface area contributed by atoms with E-state index in [0.29, 0.717) is 10.7 Å². The molecule has 4 nitrogen and oxygen atoms in total. The summed E-state index contributed by atoms with van der Waals surface area (Å²) in [5.41, 5.74) is 2.61. The standard InChI is InChI=1S/C17H16ClN3OS/c1-10-7-14-11(2)20(6-5-16(14)23-10)17(22)15-8-13-4-3-12(18)9-21(13)19-15/h3-4,7-9,11H,5-6H2,1-2H3. The van der Waals surface area contributed by atoms with Gasteiger partial charge in [0.05, 0.1) is 16.6 Å². The Morgan fingerprint density at radius 2 is 2.22 bits per heavy atom. The lowest BCUT2D eigenvalue weighted by molar-refractivity contribution is 0.0673. The van der Waals surface area contributed by atoms with Gasteiger partial charge in [-0.15, -0.1) is 11.3 Å². The van der Waals surface area contributed by atoms with Crippen LogP contribution in [0.5, 0.6) is 0 Å². The maximum atomic E-state index is 12.9. The minimum Gasteiger partial charge on any atom is -0.330 e. The largest absolute Gasteiger partial charge is 0.330 e. The minimum absolute atomic E-state index is 0.0215. The van der Waals surface area contributed by atoms with E-state index in [4.69, 9.17) is 11.6 Å². The van der Waals surface area contributed by atoms with Crippen molar-refractivity contribution >= 4 is 34.4 Å². The number of pyridine rings is 1. The monoisotopic (exact) mass is 345 g/mol. The van der Waals surface area contributed by atoms with Crippen LogP contribution in [0.15, 0.2) is 30.5 Å². The zero-order chi connectivity index (χ0) is 16.1. The van der Waals surface area contributed by atoms with Crippen molar-refractivity contribution in [1.82, 2.24) is 14.5 Å². The molecule has 1 aliphatic rings. The smallest absolute Gasteiger partial charge is 0.274 e. The van der Waals surface area contributed by atoms with E-state index in [1.807, 2.05) is 28.4 Å². The van der Waals surface area contributed by atoms with E-state index >= 15 is 0 Å². The van der Waals surface area contributed by atoms with Crippen molar-refractivity contribution < 1.29 is 4.79 Å². The Morgan fingerprint density at radius 1 is 1.39 bits per heavy atom. The van der Waals surface area contributed by atoms with Gasteiger partial charge in [-0.1, -0.05) is 11.6 Å². The Kier molecular flexibility index (Phi) is 3.43. The number of nitrogens with zero attached hydrogens (tertiary/aromatic N) is 3. The maximum Gasteiger partial charge on any atom is 0.274 e. The molecule has 0 saturated heterocycles. The number of amides is 1. The van der Waals surface area contributed by atoms with Gasteiger partial charge in [0.2, 0.25) is 0 Å². The molecule has 23 heavy (non-hydrogen) atoms. The van der Waals surface area contributed by atoms with E-state index in [9.17, 15) is 4.79 Å². The van der Waals surface area contributed by atoms with Gasteiger partial charge in [-0.25, -0.2) is 4.52 Å². The third-order valence-electron chi connectivity index (χ3n) is 4.37. The molecule has 118 valence electrons. The van der Waals surface area contributed by atoms with Crippen LogP contribution in [-0.4, -0.2) is 27.0 Å². The van der Waals surface area contributed by atoms with Crippen LogP contribution >= 0.6 is 22.9 Å². The number of hydrogen-bond donors (Lipinski definition) is 0. The van der Waals surface area contributed by atoms with Crippen LogP contribution in [0.2, 0.25) is 5.02 Å². The lowest BCUT2D eigenvalue weighted by atomic mass is 10.0. The van der Waals surface area contributed by atoms with Crippen molar-refractivity contribution in [3.63, 3.8) is 0 Å². The topological polar surface area (TPSA) is 37.6 Å². The molecule has 4 rings (SSSR count). The number of aryl methyl sites for hydroxylation is 1. The molecule has 1 amide bonds. The van der Waals surface area contributed by atoms with Crippen molar-refractivity contribution in [3.05, 3.63) is 56.5 Å². The second-order valence-corrected chi connectivity index (χ2v) is 7.68. The molecular weight excluding hydrogens is 330 g/mol. The van der Waals surface area contributed by atoms with Gasteiger partial charge in [0.25, 0.3) is 5.91 Å². The fourth-order valence-corrected chi connectivity index (χ4v) is 4.48. The summed E-state index contributed by atoms with van der Waals surface area (Å²) in [6.07, 6.45) is 2.64. The average Bonchev–Trinajstić information content (AvgIpc) is 3.09. The van der Waals surface area contributed by atoms with Gasteiger partial charge in [0.15, 0.2) is 5.69 Å². The third kappa shape index (κ3) is 2.44. The van der Waals surface area contributed by atoms with E-state index < -0.39 is 0 Å². The van der Waals surface area contributed by atoms with Crippen molar-refractivity contribution in [3.8, 4) is 0 Å². The normalized spacial score (nSPS) is 17.5. The predicted octanol–water partition coefficient (Wildman–Crippen LogP) is 4.12. The lowest BCUT2D eigenvalue weighted by Gasteiger charge is -2.33. The lowest BCUT2D eigenvalue weighted by Crippen LogP contribution is -2.38. The van der Waals surface area contributed by atoms with Gasteiger partial charge < -0.3 is 4.90 Å². The first-order valence-corrected chi connectivity index (χ1v) is 8.77. The predicted molar refractivity (Wildman–Crippen MR) is 92.4 cm³/mol. The molecule has 0 radical (unpaired) electrons. The molecule has 0 fully saturated rings. The van der Waals surface area contributed by atoms with E-state index in [1.165, 1.54) is 15.3 Å². The second-order valence-electron chi connectivity index (χ2n) is 5.91. The zero-order valence-electron chi connectivity index (χ0n) is 12.9. The molecule has 4 heterocycles. The van der Waals surface area contributed by atoms with Gasteiger partial charge in [0, 0.05) is 22.5 Å². The summed E-state index contributed by atoms with van der Waals surface area (Å²) in [6.45, 7) is 4.95. The quantitative estimate of drug-likeness (QED) is 0.665. The van der Waals surface area contributed by atoms with Crippen LogP contribution in [0.25, 0.3) is 5.52 Å². The Morgan fingerprint density at radius 3 is 3.04 bits per heavy atom. The second kappa shape index (κ2) is 5.35. The van der Waals surface area contributed by atoms with Gasteiger partial charge in [-0.3, -0.25) is 4.79 Å². The maximum absolute atomic E-state index is 12.9. The molecule has 0 spiro atoms. The molecular formula is C17H16ClN3OS. The summed E-state index contributed by atoms with van der Waals surface area (Å²) < 4.78 is 1.66. The van der Waals surface area contributed by atoms with Crippen LogP contribution < -0.4 is 0 Å². The van der Waals surface area contributed by atoms with E-state index in [2.05, 4.69) is 25.0 Å². The molecule has 0 aliphatic carbocycles. The third-order valence-corrected chi connectivity index (χ3v) is 5.72. The summed E-state index contributed by atoms with van der Waals surface area (Å²) in [6, 6.07) is 7.78. The molecule has 1 unspecified atom stereocenters. The molecule has 1 aliphatic heterocycles. The van der Waals surface area contributed by atoms with Crippen LogP contribution in [0.4, 0.5) is 0 Å². The van der Waals surface area contributed by atoms with Gasteiger partial charge in [-0.05, 0) is 50.1 Å². The van der Waals surface area contributed by atoms with Crippen molar-refractivity contribution in [2.75, 3.05) is 6.54 Å². The summed E-state index contributed by atoms with van der Waals surface area (Å²) in [7, 11) is 0. The van der Waals surface area contributed by atoms with Crippen molar-refractivity contribution in [2.24, 2.45) is 0 Å². The van der Waals surface area contributed by atoms with Crippen molar-refractivity contribution in [1.29, 1.82) is 0 Å². The van der Waals surface area contributed by atoms with Crippen LogP contribution in [0, 0.1) is 6.92 Å². The molecule has 0 aromatic carbocycles. The zero-order valence-corrected chi connectivity index (χ0v) is 14.5. The highest BCUT2D eigenvalue weighted by atomic mass is 35.5. The van der Waals surface area contributed by atoms with Crippen LogP contribution in [0.3, 0.4) is 0 Å². The molecule has 0 saturated carbocycles. The molecule has 3 aromatic heterocycles. The Hall–Kier alpha value is -1.85. The highest BCUT2D eigenvalue weighted by molar-refractivity contribution is 7.12. The fraction of sp³-hybridized carbons (Fsp3) is 0.294. The summed E-state index contributed by atoms with van der Waals surface area (Å²) in [5.74, 6) is -0.0215. The average molecular weight is 346 g/mol. The first-order chi connectivity index (χ1) is 11.0. The number of thiophene rings is 1. The highest BCUT2D eigenvalue weighted by Crippen LogP contribution is 2.35. The van der Waals surface area contributed by atoms with E-state index in [0.717, 1.165) is 18.5 Å². The molecule has 0 N–H and O–H groups in total. The van der Waals surface area contributed by atoms with Gasteiger partial charge >= 0.3 is 0 Å².